The van der Waals surface area contributed by atoms with Crippen LogP contribution in [0.15, 0.2) is 4.99 Å². The van der Waals surface area contributed by atoms with Gasteiger partial charge in [-0.2, -0.15) is 0 Å². The molecule has 1 saturated heterocycles. The van der Waals surface area contributed by atoms with Crippen molar-refractivity contribution in [1.82, 2.24) is 15.5 Å². The van der Waals surface area contributed by atoms with Gasteiger partial charge in [0.15, 0.2) is 5.96 Å². The zero-order chi connectivity index (χ0) is 21.7. The van der Waals surface area contributed by atoms with Crippen LogP contribution in [0.5, 0.6) is 0 Å². The van der Waals surface area contributed by atoms with Gasteiger partial charge in [-0.15, -0.1) is 0 Å². The van der Waals surface area contributed by atoms with Gasteiger partial charge in [0.05, 0.1) is 6.10 Å². The summed E-state index contributed by atoms with van der Waals surface area (Å²) < 4.78 is 16.4. The monoisotopic (exact) mass is 414 g/mol. The molecular formula is C21H42N4O4. The van der Waals surface area contributed by atoms with Crippen molar-refractivity contribution in [2.75, 3.05) is 47.0 Å². The number of guanidine groups is 1. The number of nitrogens with zero attached hydrogens (tertiary/aromatic N) is 2. The molecule has 1 aliphatic rings. The van der Waals surface area contributed by atoms with Gasteiger partial charge >= 0.3 is 6.09 Å². The van der Waals surface area contributed by atoms with Crippen molar-refractivity contribution in [3.8, 4) is 0 Å². The van der Waals surface area contributed by atoms with E-state index in [4.69, 9.17) is 14.2 Å². The molecule has 1 amide bonds. The third-order valence-electron chi connectivity index (χ3n) is 4.66. The van der Waals surface area contributed by atoms with Crippen molar-refractivity contribution in [1.29, 1.82) is 0 Å². The lowest BCUT2D eigenvalue weighted by Crippen LogP contribution is -2.51. The Hall–Kier alpha value is -1.54. The van der Waals surface area contributed by atoms with Gasteiger partial charge in [0.2, 0.25) is 0 Å². The first-order valence-corrected chi connectivity index (χ1v) is 10.8. The number of alkyl carbamates (subject to hydrolysis) is 1. The van der Waals surface area contributed by atoms with Crippen molar-refractivity contribution in [2.45, 2.75) is 77.5 Å². The third kappa shape index (κ3) is 11.3. The normalized spacial score (nSPS) is 17.2. The molecule has 29 heavy (non-hydrogen) atoms. The zero-order valence-electron chi connectivity index (χ0n) is 19.3. The van der Waals surface area contributed by atoms with E-state index in [1.54, 1.807) is 14.2 Å². The predicted molar refractivity (Wildman–Crippen MR) is 116 cm³/mol. The summed E-state index contributed by atoms with van der Waals surface area (Å²) in [5.74, 6) is 0.870. The van der Waals surface area contributed by atoms with Crippen molar-refractivity contribution < 1.29 is 19.0 Å². The Morgan fingerprint density at radius 1 is 1.24 bits per heavy atom. The number of aliphatic imine (C=N–C) groups is 1. The van der Waals surface area contributed by atoms with Crippen LogP contribution < -0.4 is 10.6 Å². The van der Waals surface area contributed by atoms with Gasteiger partial charge in [0.1, 0.15) is 5.60 Å². The van der Waals surface area contributed by atoms with Gasteiger partial charge in [-0.25, -0.2) is 4.79 Å². The summed E-state index contributed by atoms with van der Waals surface area (Å²) >= 11 is 0. The number of amides is 1. The average molecular weight is 415 g/mol. The minimum Gasteiger partial charge on any atom is -0.444 e. The summed E-state index contributed by atoms with van der Waals surface area (Å²) in [5, 5.41) is 6.39. The van der Waals surface area contributed by atoms with E-state index in [-0.39, 0.29) is 12.1 Å². The van der Waals surface area contributed by atoms with Crippen LogP contribution in [0.1, 0.15) is 59.8 Å². The number of piperidine rings is 1. The molecule has 0 radical (unpaired) electrons. The second-order valence-corrected chi connectivity index (χ2v) is 8.46. The molecule has 0 saturated carbocycles. The van der Waals surface area contributed by atoms with Gasteiger partial charge in [-0.3, -0.25) is 4.99 Å². The molecule has 2 N–H and O–H groups in total. The SMILES string of the molecule is CCCC(CNC(=NC)N1CCC(OCCCOC)CC1)NC(=O)OC(C)(C)C. The first-order chi connectivity index (χ1) is 13.8. The van der Waals surface area contributed by atoms with Gasteiger partial charge < -0.3 is 29.7 Å². The maximum Gasteiger partial charge on any atom is 0.407 e. The third-order valence-corrected chi connectivity index (χ3v) is 4.66. The van der Waals surface area contributed by atoms with Gasteiger partial charge in [0.25, 0.3) is 0 Å². The van der Waals surface area contributed by atoms with E-state index in [0.717, 1.165) is 64.4 Å². The maximum absolute atomic E-state index is 12.1. The van der Waals surface area contributed by atoms with E-state index in [1.165, 1.54) is 0 Å². The minimum atomic E-state index is -0.500. The summed E-state index contributed by atoms with van der Waals surface area (Å²) in [6.07, 6.45) is 4.70. The van der Waals surface area contributed by atoms with E-state index in [9.17, 15) is 4.79 Å². The van der Waals surface area contributed by atoms with Crippen LogP contribution in [0.25, 0.3) is 0 Å². The molecule has 8 heteroatoms. The van der Waals surface area contributed by atoms with E-state index in [1.807, 2.05) is 20.8 Å². The zero-order valence-corrected chi connectivity index (χ0v) is 19.3. The van der Waals surface area contributed by atoms with Crippen LogP contribution in [0.3, 0.4) is 0 Å². The molecule has 0 aromatic heterocycles. The van der Waals surface area contributed by atoms with Crippen LogP contribution >= 0.6 is 0 Å². The lowest BCUT2D eigenvalue weighted by Gasteiger charge is -2.34. The van der Waals surface area contributed by atoms with Crippen LogP contribution in [0, 0.1) is 0 Å². The van der Waals surface area contributed by atoms with Crippen LogP contribution in [-0.4, -0.2) is 81.7 Å². The molecule has 0 spiro atoms. The van der Waals surface area contributed by atoms with E-state index >= 15 is 0 Å². The fourth-order valence-corrected chi connectivity index (χ4v) is 3.28. The van der Waals surface area contributed by atoms with Crippen molar-refractivity contribution in [3.05, 3.63) is 0 Å². The van der Waals surface area contributed by atoms with Crippen LogP contribution in [0.2, 0.25) is 0 Å². The molecule has 1 heterocycles. The Labute approximate surface area is 176 Å². The molecule has 1 fully saturated rings. The number of nitrogens with one attached hydrogen (secondary N) is 2. The van der Waals surface area contributed by atoms with Gasteiger partial charge in [0, 0.05) is 53.0 Å². The number of hydrogen-bond acceptors (Lipinski definition) is 5. The van der Waals surface area contributed by atoms with Crippen molar-refractivity contribution in [3.63, 3.8) is 0 Å². The summed E-state index contributed by atoms with van der Waals surface area (Å²) in [5.41, 5.74) is -0.500. The van der Waals surface area contributed by atoms with E-state index in [0.29, 0.717) is 12.6 Å². The van der Waals surface area contributed by atoms with Crippen LogP contribution in [0.4, 0.5) is 4.79 Å². The number of methoxy groups -OCH3 is 1. The topological polar surface area (TPSA) is 84.4 Å². The van der Waals surface area contributed by atoms with Crippen molar-refractivity contribution >= 4 is 12.1 Å². The second-order valence-electron chi connectivity index (χ2n) is 8.46. The molecular weight excluding hydrogens is 372 g/mol. The van der Waals surface area contributed by atoms with Gasteiger partial charge in [-0.05, 0) is 46.5 Å². The Morgan fingerprint density at radius 2 is 1.93 bits per heavy atom. The Balaban J connectivity index is 2.42. The van der Waals surface area contributed by atoms with Crippen LogP contribution in [-0.2, 0) is 14.2 Å². The molecule has 1 atom stereocenters. The molecule has 1 unspecified atom stereocenters. The Bertz CT molecular complexity index is 486. The summed E-state index contributed by atoms with van der Waals surface area (Å²) in [6.45, 7) is 11.6. The minimum absolute atomic E-state index is 0.00624. The first kappa shape index (κ1) is 25.5. The smallest absolute Gasteiger partial charge is 0.407 e. The lowest BCUT2D eigenvalue weighted by atomic mass is 10.1. The highest BCUT2D eigenvalue weighted by Gasteiger charge is 2.23. The molecule has 1 rings (SSSR count). The molecule has 170 valence electrons. The fourth-order valence-electron chi connectivity index (χ4n) is 3.28. The molecule has 0 aromatic carbocycles. The van der Waals surface area contributed by atoms with Crippen molar-refractivity contribution in [2.24, 2.45) is 4.99 Å². The molecule has 0 bridgehead atoms. The van der Waals surface area contributed by atoms with E-state index < -0.39 is 5.60 Å². The average Bonchev–Trinajstić information content (AvgIpc) is 2.65. The lowest BCUT2D eigenvalue weighted by molar-refractivity contribution is 0.00986. The standard InChI is InChI=1S/C21H42N4O4/c1-7-9-17(24-20(26)29-21(2,3)4)16-23-19(22-5)25-12-10-18(11-13-25)28-15-8-14-27-6/h17-18H,7-16H2,1-6H3,(H,22,23)(H,24,26). The number of hydrogen-bond donors (Lipinski definition) is 2. The fraction of sp³-hybridized carbons (Fsp3) is 0.905. The molecule has 8 nitrogen and oxygen atoms in total. The summed E-state index contributed by atoms with van der Waals surface area (Å²) in [4.78, 5) is 18.8. The first-order valence-electron chi connectivity index (χ1n) is 10.8. The Kier molecular flexibility index (Phi) is 12.0. The summed E-state index contributed by atoms with van der Waals surface area (Å²) in [6, 6.07) is -0.00624. The molecule has 0 aromatic rings. The Morgan fingerprint density at radius 3 is 2.48 bits per heavy atom. The largest absolute Gasteiger partial charge is 0.444 e. The number of rotatable bonds is 10. The molecule has 1 aliphatic heterocycles. The predicted octanol–water partition coefficient (Wildman–Crippen LogP) is 2.77. The maximum atomic E-state index is 12.1. The quantitative estimate of drug-likeness (QED) is 0.325. The van der Waals surface area contributed by atoms with Gasteiger partial charge in [-0.1, -0.05) is 13.3 Å². The summed E-state index contributed by atoms with van der Waals surface area (Å²) in [7, 11) is 3.51. The second kappa shape index (κ2) is 13.6. The number of ether oxygens (including phenoxy) is 3. The number of carbonyl (C=O) groups excluding carboxylic acids is 1. The van der Waals surface area contributed by atoms with E-state index in [2.05, 4.69) is 27.4 Å². The highest BCUT2D eigenvalue weighted by Crippen LogP contribution is 2.14. The number of carbonyl (C=O) groups is 1. The number of likely N-dealkylation sites (tertiary alicyclic amines) is 1. The molecule has 0 aliphatic carbocycles. The highest BCUT2D eigenvalue weighted by atomic mass is 16.6. The highest BCUT2D eigenvalue weighted by molar-refractivity contribution is 5.80.